The topological polar surface area (TPSA) is 71.8 Å². The molecule has 0 aliphatic carbocycles. The van der Waals surface area contributed by atoms with Gasteiger partial charge in [0.15, 0.2) is 11.2 Å². The minimum atomic E-state index is -0.414. The molecule has 3 aromatic rings. The molecule has 3 rings (SSSR count). The zero-order valence-electron chi connectivity index (χ0n) is 17.4. The van der Waals surface area contributed by atoms with Crippen molar-refractivity contribution in [2.75, 3.05) is 27.7 Å². The number of carbonyl (C=O) groups excluding carboxylic acids is 1. The van der Waals surface area contributed by atoms with Crippen LogP contribution < -0.4 is 15.5 Å². The summed E-state index contributed by atoms with van der Waals surface area (Å²) in [7, 11) is 5.52. The molecule has 6 nitrogen and oxygen atoms in total. The van der Waals surface area contributed by atoms with E-state index in [-0.39, 0.29) is 17.2 Å². The lowest BCUT2D eigenvalue weighted by Crippen LogP contribution is -2.34. The van der Waals surface area contributed by atoms with E-state index < -0.39 is 5.91 Å². The zero-order valence-corrected chi connectivity index (χ0v) is 17.4. The summed E-state index contributed by atoms with van der Waals surface area (Å²) in [5.41, 5.74) is 3.26. The SMILES string of the molecule is COc1ccc([C@@H](CNC(=O)c2cc(=O)c3cc(C)c(C)cc3o2)N(C)C)cc1. The Morgan fingerprint density at radius 3 is 2.38 bits per heavy atom. The molecule has 152 valence electrons. The number of carbonyl (C=O) groups is 1. The highest BCUT2D eigenvalue weighted by Gasteiger charge is 2.18. The fraction of sp³-hybridized carbons (Fsp3) is 0.304. The number of ether oxygens (including phenoxy) is 1. The molecule has 1 aromatic heterocycles. The van der Waals surface area contributed by atoms with Crippen LogP contribution in [0.15, 0.2) is 51.7 Å². The van der Waals surface area contributed by atoms with Gasteiger partial charge in [-0.25, -0.2) is 0 Å². The quantitative estimate of drug-likeness (QED) is 0.693. The molecule has 1 heterocycles. The van der Waals surface area contributed by atoms with Crippen molar-refractivity contribution in [2.24, 2.45) is 0 Å². The highest BCUT2D eigenvalue weighted by Crippen LogP contribution is 2.21. The Morgan fingerprint density at radius 1 is 1.10 bits per heavy atom. The average molecular weight is 394 g/mol. The van der Waals surface area contributed by atoms with Crippen molar-refractivity contribution in [2.45, 2.75) is 19.9 Å². The average Bonchev–Trinajstić information content (AvgIpc) is 2.69. The van der Waals surface area contributed by atoms with Gasteiger partial charge in [0.25, 0.3) is 5.91 Å². The van der Waals surface area contributed by atoms with Gasteiger partial charge in [0.1, 0.15) is 11.3 Å². The smallest absolute Gasteiger partial charge is 0.287 e. The lowest BCUT2D eigenvalue weighted by molar-refractivity contribution is 0.0914. The van der Waals surface area contributed by atoms with Crippen molar-refractivity contribution < 1.29 is 13.9 Å². The van der Waals surface area contributed by atoms with Crippen LogP contribution in [0.25, 0.3) is 11.0 Å². The summed E-state index contributed by atoms with van der Waals surface area (Å²) in [6.45, 7) is 4.25. The fourth-order valence-corrected chi connectivity index (χ4v) is 3.22. The maximum atomic E-state index is 12.7. The summed E-state index contributed by atoms with van der Waals surface area (Å²) in [4.78, 5) is 27.1. The molecular weight excluding hydrogens is 368 g/mol. The first-order chi connectivity index (χ1) is 13.8. The third-order valence-corrected chi connectivity index (χ3v) is 5.15. The second-order valence-electron chi connectivity index (χ2n) is 7.37. The van der Waals surface area contributed by atoms with Crippen LogP contribution in [0.3, 0.4) is 0 Å². The number of rotatable bonds is 6. The number of nitrogens with zero attached hydrogens (tertiary/aromatic N) is 1. The summed E-state index contributed by atoms with van der Waals surface area (Å²) < 4.78 is 10.9. The molecule has 29 heavy (non-hydrogen) atoms. The molecule has 1 N–H and O–H groups in total. The number of benzene rings is 2. The van der Waals surface area contributed by atoms with Crippen LogP contribution in [-0.4, -0.2) is 38.6 Å². The van der Waals surface area contributed by atoms with E-state index in [0.29, 0.717) is 17.5 Å². The summed E-state index contributed by atoms with van der Waals surface area (Å²) in [6.07, 6.45) is 0. The van der Waals surface area contributed by atoms with E-state index in [1.807, 2.05) is 57.1 Å². The molecule has 1 amide bonds. The van der Waals surface area contributed by atoms with E-state index in [9.17, 15) is 9.59 Å². The summed E-state index contributed by atoms with van der Waals surface area (Å²) in [5.74, 6) is 0.374. The van der Waals surface area contributed by atoms with E-state index in [1.165, 1.54) is 6.07 Å². The minimum absolute atomic E-state index is 0.0120. The zero-order chi connectivity index (χ0) is 21.1. The van der Waals surface area contributed by atoms with Gasteiger partial charge < -0.3 is 19.4 Å². The minimum Gasteiger partial charge on any atom is -0.497 e. The Morgan fingerprint density at radius 2 is 1.76 bits per heavy atom. The Bertz CT molecular complexity index is 1080. The van der Waals surface area contributed by atoms with Crippen LogP contribution in [0.4, 0.5) is 0 Å². The highest BCUT2D eigenvalue weighted by molar-refractivity contribution is 5.93. The molecule has 6 heteroatoms. The first kappa shape index (κ1) is 20.6. The van der Waals surface area contributed by atoms with Crippen LogP contribution in [0, 0.1) is 13.8 Å². The third-order valence-electron chi connectivity index (χ3n) is 5.15. The molecule has 2 aromatic carbocycles. The first-order valence-corrected chi connectivity index (χ1v) is 9.44. The van der Waals surface area contributed by atoms with Crippen LogP contribution in [0.1, 0.15) is 33.3 Å². The van der Waals surface area contributed by atoms with Gasteiger partial charge in [-0.05, 0) is 68.9 Å². The maximum absolute atomic E-state index is 12.7. The Hall–Kier alpha value is -3.12. The van der Waals surface area contributed by atoms with Crippen molar-refractivity contribution >= 4 is 16.9 Å². The van der Waals surface area contributed by atoms with Crippen molar-refractivity contribution in [1.82, 2.24) is 10.2 Å². The third kappa shape index (κ3) is 4.49. The number of amides is 1. The molecule has 0 fully saturated rings. The molecule has 0 unspecified atom stereocenters. The second kappa shape index (κ2) is 8.49. The Labute approximate surface area is 170 Å². The van der Waals surface area contributed by atoms with Crippen LogP contribution in [0.5, 0.6) is 5.75 Å². The van der Waals surface area contributed by atoms with Gasteiger partial charge in [-0.15, -0.1) is 0 Å². The Balaban J connectivity index is 1.81. The molecule has 0 aliphatic heterocycles. The van der Waals surface area contributed by atoms with E-state index in [0.717, 1.165) is 22.4 Å². The molecule has 0 radical (unpaired) electrons. The second-order valence-corrected chi connectivity index (χ2v) is 7.37. The number of nitrogens with one attached hydrogen (secondary N) is 1. The molecular formula is C23H26N2O4. The van der Waals surface area contributed by atoms with E-state index in [2.05, 4.69) is 5.32 Å². The van der Waals surface area contributed by atoms with E-state index >= 15 is 0 Å². The molecule has 0 spiro atoms. The molecule has 0 saturated carbocycles. The van der Waals surface area contributed by atoms with Crippen molar-refractivity contribution in [3.8, 4) is 5.75 Å². The highest BCUT2D eigenvalue weighted by atomic mass is 16.5. The maximum Gasteiger partial charge on any atom is 0.287 e. The first-order valence-electron chi connectivity index (χ1n) is 9.44. The van der Waals surface area contributed by atoms with Crippen LogP contribution in [0.2, 0.25) is 0 Å². The lowest BCUT2D eigenvalue weighted by atomic mass is 10.1. The number of fused-ring (bicyclic) bond motifs is 1. The summed E-state index contributed by atoms with van der Waals surface area (Å²) >= 11 is 0. The predicted molar refractivity (Wildman–Crippen MR) is 114 cm³/mol. The lowest BCUT2D eigenvalue weighted by Gasteiger charge is -2.25. The molecule has 0 saturated heterocycles. The van der Waals surface area contributed by atoms with Gasteiger partial charge in [-0.3, -0.25) is 9.59 Å². The van der Waals surface area contributed by atoms with Crippen molar-refractivity contribution in [3.63, 3.8) is 0 Å². The van der Waals surface area contributed by atoms with Gasteiger partial charge in [0, 0.05) is 12.6 Å². The summed E-state index contributed by atoms with van der Waals surface area (Å²) in [6, 6.07) is 12.5. The largest absolute Gasteiger partial charge is 0.497 e. The van der Waals surface area contributed by atoms with Gasteiger partial charge in [0.05, 0.1) is 18.5 Å². The standard InChI is InChI=1S/C23H26N2O4/c1-14-10-18-20(26)12-22(29-21(18)11-15(14)2)23(27)24-13-19(25(3)4)16-6-8-17(28-5)9-7-16/h6-12,19H,13H2,1-5H3,(H,24,27)/t19-/m1/s1. The van der Waals surface area contributed by atoms with Gasteiger partial charge in [-0.2, -0.15) is 0 Å². The Kier molecular flexibility index (Phi) is 6.03. The summed E-state index contributed by atoms with van der Waals surface area (Å²) in [5, 5.41) is 3.36. The number of likely N-dealkylation sites (N-methyl/N-ethyl adjacent to an activating group) is 1. The molecule has 0 bridgehead atoms. The van der Waals surface area contributed by atoms with Gasteiger partial charge in [0.2, 0.25) is 0 Å². The number of aryl methyl sites for hydroxylation is 2. The fourth-order valence-electron chi connectivity index (χ4n) is 3.22. The number of hydrogen-bond donors (Lipinski definition) is 1. The number of methoxy groups -OCH3 is 1. The predicted octanol–water partition coefficient (Wildman–Crippen LogP) is 3.45. The van der Waals surface area contributed by atoms with Crippen molar-refractivity contribution in [3.05, 3.63) is 75.1 Å². The van der Waals surface area contributed by atoms with Crippen molar-refractivity contribution in [1.29, 1.82) is 0 Å². The molecule has 0 aliphatic rings. The van der Waals surface area contributed by atoms with Gasteiger partial charge in [-0.1, -0.05) is 12.1 Å². The monoisotopic (exact) mass is 394 g/mol. The van der Waals surface area contributed by atoms with Gasteiger partial charge >= 0.3 is 0 Å². The normalized spacial score (nSPS) is 12.2. The van der Waals surface area contributed by atoms with E-state index in [1.54, 1.807) is 19.2 Å². The van der Waals surface area contributed by atoms with Crippen LogP contribution in [-0.2, 0) is 0 Å². The van der Waals surface area contributed by atoms with Crippen LogP contribution >= 0.6 is 0 Å². The molecule has 1 atom stereocenters. The van der Waals surface area contributed by atoms with E-state index in [4.69, 9.17) is 9.15 Å². The number of hydrogen-bond acceptors (Lipinski definition) is 5.